The van der Waals surface area contributed by atoms with Crippen LogP contribution in [0.2, 0.25) is 0 Å². The maximum absolute atomic E-state index is 12.7. The van der Waals surface area contributed by atoms with E-state index in [9.17, 15) is 14.9 Å². The molecular weight excluding hydrogens is 348 g/mol. The highest BCUT2D eigenvalue weighted by Crippen LogP contribution is 2.28. The number of nitro benzene ring substituents is 1. The van der Waals surface area contributed by atoms with E-state index in [1.165, 1.54) is 6.07 Å². The van der Waals surface area contributed by atoms with E-state index in [0.29, 0.717) is 23.6 Å². The molecule has 1 unspecified atom stereocenters. The average molecular weight is 370 g/mol. The van der Waals surface area contributed by atoms with Gasteiger partial charge in [0.1, 0.15) is 17.9 Å². The van der Waals surface area contributed by atoms with Gasteiger partial charge in [-0.05, 0) is 44.4 Å². The van der Waals surface area contributed by atoms with Gasteiger partial charge >= 0.3 is 0 Å². The highest BCUT2D eigenvalue weighted by molar-refractivity contribution is 6.08. The summed E-state index contributed by atoms with van der Waals surface area (Å²) in [6.07, 6.45) is 3.17. The highest BCUT2D eigenvalue weighted by atomic mass is 16.6. The summed E-state index contributed by atoms with van der Waals surface area (Å²) >= 11 is 0. The first-order valence-corrected chi connectivity index (χ1v) is 8.95. The van der Waals surface area contributed by atoms with E-state index in [2.05, 4.69) is 5.32 Å². The fourth-order valence-corrected chi connectivity index (χ4v) is 3.09. The number of carbonyl (C=O) groups excluding carboxylic acids is 1. The smallest absolute Gasteiger partial charge is 0.285 e. The summed E-state index contributed by atoms with van der Waals surface area (Å²) in [5.74, 6) is -0.0364. The molecule has 1 aliphatic heterocycles. The number of aryl methyl sites for hydroxylation is 1. The summed E-state index contributed by atoms with van der Waals surface area (Å²) in [5, 5.41) is 14.1. The quantitative estimate of drug-likeness (QED) is 0.610. The zero-order chi connectivity index (χ0) is 19.2. The van der Waals surface area contributed by atoms with Crippen molar-refractivity contribution in [2.75, 3.05) is 18.5 Å². The predicted octanol–water partition coefficient (Wildman–Crippen LogP) is 4.10. The number of hydrogen-bond donors (Lipinski definition) is 1. The molecule has 0 saturated carbocycles. The molecular formula is C20H22N2O5. The lowest BCUT2D eigenvalue weighted by molar-refractivity contribution is -0.385. The summed E-state index contributed by atoms with van der Waals surface area (Å²) in [6, 6.07) is 11.7. The number of hydrogen-bond acceptors (Lipinski definition) is 5. The number of anilines is 1. The van der Waals surface area contributed by atoms with Crippen molar-refractivity contribution in [3.63, 3.8) is 0 Å². The molecule has 3 rings (SSSR count). The minimum atomic E-state index is -0.546. The highest BCUT2D eigenvalue weighted by Gasteiger charge is 2.23. The summed E-state index contributed by atoms with van der Waals surface area (Å²) in [7, 11) is 0. The van der Waals surface area contributed by atoms with Gasteiger partial charge in [0, 0.05) is 12.2 Å². The van der Waals surface area contributed by atoms with E-state index in [1.807, 2.05) is 6.07 Å². The molecule has 27 heavy (non-hydrogen) atoms. The Bertz CT molecular complexity index is 831. The lowest BCUT2D eigenvalue weighted by Crippen LogP contribution is -2.26. The first kappa shape index (κ1) is 18.8. The van der Waals surface area contributed by atoms with Crippen LogP contribution >= 0.6 is 0 Å². The van der Waals surface area contributed by atoms with Gasteiger partial charge in [0.2, 0.25) is 0 Å². The largest absolute Gasteiger partial charge is 0.489 e. The van der Waals surface area contributed by atoms with Crippen LogP contribution in [0, 0.1) is 17.0 Å². The Labute approximate surface area is 157 Å². The zero-order valence-electron chi connectivity index (χ0n) is 15.1. The maximum Gasteiger partial charge on any atom is 0.285 e. The fraction of sp³-hybridized carbons (Fsp3) is 0.350. The van der Waals surface area contributed by atoms with Gasteiger partial charge in [-0.15, -0.1) is 0 Å². The molecule has 1 heterocycles. The van der Waals surface area contributed by atoms with Gasteiger partial charge in [-0.2, -0.15) is 0 Å². The molecule has 1 N–H and O–H groups in total. The van der Waals surface area contributed by atoms with Crippen LogP contribution < -0.4 is 10.1 Å². The van der Waals surface area contributed by atoms with Crippen molar-refractivity contribution in [2.45, 2.75) is 32.3 Å². The second kappa shape index (κ2) is 8.64. The SMILES string of the molecule is Cc1cccc(C(=O)Nc2ccccc2OCC2CCCCO2)c1[N+](=O)[O-]. The third-order valence-corrected chi connectivity index (χ3v) is 4.50. The number of benzene rings is 2. The van der Waals surface area contributed by atoms with Crippen molar-refractivity contribution in [3.05, 3.63) is 63.7 Å². The van der Waals surface area contributed by atoms with Gasteiger partial charge in [-0.25, -0.2) is 0 Å². The molecule has 1 saturated heterocycles. The van der Waals surface area contributed by atoms with Crippen LogP contribution in [0.25, 0.3) is 0 Å². The number of nitro groups is 1. The minimum Gasteiger partial charge on any atom is -0.489 e. The summed E-state index contributed by atoms with van der Waals surface area (Å²) in [6.45, 7) is 2.75. The van der Waals surface area contributed by atoms with Crippen molar-refractivity contribution in [2.24, 2.45) is 0 Å². The van der Waals surface area contributed by atoms with Gasteiger partial charge in [0.05, 0.1) is 16.7 Å². The standard InChI is InChI=1S/C20H22N2O5/c1-14-7-6-9-16(19(14)22(24)25)20(23)21-17-10-2-3-11-18(17)27-13-15-8-4-5-12-26-15/h2-3,6-7,9-11,15H,4-5,8,12-13H2,1H3,(H,21,23). The van der Waals surface area contributed by atoms with Crippen LogP contribution in [-0.4, -0.2) is 30.1 Å². The van der Waals surface area contributed by atoms with Crippen LogP contribution in [0.15, 0.2) is 42.5 Å². The van der Waals surface area contributed by atoms with Gasteiger partial charge in [-0.3, -0.25) is 14.9 Å². The molecule has 7 nitrogen and oxygen atoms in total. The topological polar surface area (TPSA) is 90.7 Å². The summed E-state index contributed by atoms with van der Waals surface area (Å²) in [4.78, 5) is 23.5. The Balaban J connectivity index is 1.75. The van der Waals surface area contributed by atoms with Crippen molar-refractivity contribution >= 4 is 17.3 Å². The molecule has 1 amide bonds. The van der Waals surface area contributed by atoms with Crippen molar-refractivity contribution in [1.82, 2.24) is 0 Å². The first-order chi connectivity index (χ1) is 13.1. The van der Waals surface area contributed by atoms with Crippen molar-refractivity contribution in [1.29, 1.82) is 0 Å². The second-order valence-electron chi connectivity index (χ2n) is 6.48. The lowest BCUT2D eigenvalue weighted by Gasteiger charge is -2.23. The van der Waals surface area contributed by atoms with E-state index in [-0.39, 0.29) is 17.4 Å². The number of rotatable bonds is 6. The second-order valence-corrected chi connectivity index (χ2v) is 6.48. The molecule has 1 aliphatic rings. The molecule has 1 atom stereocenters. The number of nitrogens with zero attached hydrogens (tertiary/aromatic N) is 1. The zero-order valence-corrected chi connectivity index (χ0v) is 15.1. The van der Waals surface area contributed by atoms with E-state index in [1.54, 1.807) is 37.3 Å². The van der Waals surface area contributed by atoms with Gasteiger partial charge < -0.3 is 14.8 Å². The van der Waals surface area contributed by atoms with Crippen molar-refractivity contribution in [3.8, 4) is 5.75 Å². The van der Waals surface area contributed by atoms with E-state index in [0.717, 1.165) is 25.9 Å². The lowest BCUT2D eigenvalue weighted by atomic mass is 10.1. The fourth-order valence-electron chi connectivity index (χ4n) is 3.09. The van der Waals surface area contributed by atoms with Crippen molar-refractivity contribution < 1.29 is 19.2 Å². The molecule has 2 aromatic carbocycles. The van der Waals surface area contributed by atoms with Crippen LogP contribution in [0.5, 0.6) is 5.75 Å². The van der Waals surface area contributed by atoms with E-state index in [4.69, 9.17) is 9.47 Å². The van der Waals surface area contributed by atoms with Crippen LogP contribution in [-0.2, 0) is 4.74 Å². The Morgan fingerprint density at radius 1 is 1.26 bits per heavy atom. The van der Waals surface area contributed by atoms with Gasteiger partial charge in [-0.1, -0.05) is 24.3 Å². The number of nitrogens with one attached hydrogen (secondary N) is 1. The number of para-hydroxylation sites is 3. The first-order valence-electron chi connectivity index (χ1n) is 8.95. The predicted molar refractivity (Wildman–Crippen MR) is 101 cm³/mol. The van der Waals surface area contributed by atoms with Crippen LogP contribution in [0.3, 0.4) is 0 Å². The molecule has 0 radical (unpaired) electrons. The normalized spacial score (nSPS) is 16.6. The van der Waals surface area contributed by atoms with E-state index >= 15 is 0 Å². The molecule has 0 spiro atoms. The minimum absolute atomic E-state index is 0.0189. The number of amides is 1. The molecule has 1 fully saturated rings. The third-order valence-electron chi connectivity index (χ3n) is 4.50. The Morgan fingerprint density at radius 2 is 2.07 bits per heavy atom. The summed E-state index contributed by atoms with van der Waals surface area (Å²) in [5.41, 5.74) is 0.732. The maximum atomic E-state index is 12.7. The molecule has 2 aromatic rings. The van der Waals surface area contributed by atoms with Crippen LogP contribution in [0.4, 0.5) is 11.4 Å². The Kier molecular flexibility index (Phi) is 6.03. The molecule has 142 valence electrons. The Hall–Kier alpha value is -2.93. The Morgan fingerprint density at radius 3 is 2.81 bits per heavy atom. The molecule has 7 heteroatoms. The van der Waals surface area contributed by atoms with E-state index < -0.39 is 10.8 Å². The van der Waals surface area contributed by atoms with Gasteiger partial charge in [0.25, 0.3) is 11.6 Å². The molecule has 0 bridgehead atoms. The third kappa shape index (κ3) is 4.62. The number of ether oxygens (including phenoxy) is 2. The average Bonchev–Trinajstić information content (AvgIpc) is 2.67. The summed E-state index contributed by atoms with van der Waals surface area (Å²) < 4.78 is 11.5. The molecule has 0 aliphatic carbocycles. The van der Waals surface area contributed by atoms with Crippen LogP contribution in [0.1, 0.15) is 35.2 Å². The van der Waals surface area contributed by atoms with Gasteiger partial charge in [0.15, 0.2) is 0 Å². The monoisotopic (exact) mass is 370 g/mol. The molecule has 0 aromatic heterocycles. The number of carbonyl (C=O) groups is 1.